The van der Waals surface area contributed by atoms with E-state index in [9.17, 15) is 0 Å². The molecule has 2 saturated heterocycles. The van der Waals surface area contributed by atoms with Crippen molar-refractivity contribution in [1.29, 1.82) is 0 Å². The van der Waals surface area contributed by atoms with Crippen molar-refractivity contribution >= 4 is 17.0 Å². The minimum atomic E-state index is 0.413. The minimum Gasteiger partial charge on any atom is -0.399 e. The summed E-state index contributed by atoms with van der Waals surface area (Å²) in [7, 11) is 1.60. The summed E-state index contributed by atoms with van der Waals surface area (Å²) in [4.78, 5) is 4.79. The lowest BCUT2D eigenvalue weighted by Gasteiger charge is -2.37. The van der Waals surface area contributed by atoms with Crippen LogP contribution in [0, 0.1) is 5.92 Å². The van der Waals surface area contributed by atoms with E-state index in [1.54, 1.807) is 7.11 Å². The Hall–Kier alpha value is -1.87. The van der Waals surface area contributed by atoms with E-state index >= 15 is 0 Å². The monoisotopic (exact) mass is 323 g/mol. The molecule has 0 N–H and O–H groups in total. The normalized spacial score (nSPS) is 29.4. The van der Waals surface area contributed by atoms with E-state index in [1.165, 1.54) is 29.2 Å². The Balaban J connectivity index is 1.60. The first-order valence-corrected chi connectivity index (χ1v) is 9.04. The quantitative estimate of drug-likeness (QED) is 0.578. The van der Waals surface area contributed by atoms with Crippen LogP contribution in [-0.2, 0) is 9.57 Å². The van der Waals surface area contributed by atoms with Crippen molar-refractivity contribution in [2.45, 2.75) is 50.2 Å². The fourth-order valence-electron chi connectivity index (χ4n) is 4.54. The zero-order chi connectivity index (χ0) is 16.4. The van der Waals surface area contributed by atoms with Crippen LogP contribution in [0.2, 0.25) is 0 Å². The van der Waals surface area contributed by atoms with Gasteiger partial charge in [0.25, 0.3) is 0 Å². The lowest BCUT2D eigenvalue weighted by atomic mass is 9.76. The number of nitrogens with zero attached hydrogens (tertiary/aromatic N) is 1. The highest BCUT2D eigenvalue weighted by Gasteiger charge is 2.42. The Kier molecular flexibility index (Phi) is 4.52. The van der Waals surface area contributed by atoms with Gasteiger partial charge in [0, 0.05) is 6.21 Å². The SMILES string of the molecule is CON=CCC[C@@H]1[C@@H]2CCC(C[C@H]1c1ccc3ccccc3c1)O2. The Morgan fingerprint density at radius 1 is 1.17 bits per heavy atom. The number of rotatable bonds is 5. The predicted octanol–water partition coefficient (Wildman–Crippen LogP) is 4.90. The highest BCUT2D eigenvalue weighted by molar-refractivity contribution is 5.83. The molecule has 126 valence electrons. The van der Waals surface area contributed by atoms with Gasteiger partial charge in [0.05, 0.1) is 12.2 Å². The molecular weight excluding hydrogens is 298 g/mol. The number of hydrogen-bond donors (Lipinski definition) is 0. The molecule has 2 aliphatic rings. The third-order valence-corrected chi connectivity index (χ3v) is 5.66. The van der Waals surface area contributed by atoms with Crippen molar-refractivity contribution in [3.05, 3.63) is 48.0 Å². The first kappa shape index (κ1) is 15.6. The standard InChI is InChI=1S/C21H25NO2/c1-23-22-12-4-7-19-20(14-18-10-11-21(19)24-18)17-9-8-15-5-2-3-6-16(15)13-17/h2-3,5-6,8-9,12-13,18-21H,4,7,10-11,14H2,1H3/t18?,19-,20-,21-/m0/s1. The van der Waals surface area contributed by atoms with Gasteiger partial charge >= 0.3 is 0 Å². The van der Waals surface area contributed by atoms with E-state index in [0.717, 1.165) is 19.3 Å². The number of hydrogen-bond acceptors (Lipinski definition) is 3. The molecule has 2 aromatic carbocycles. The average Bonchev–Trinajstić information content (AvgIpc) is 3.02. The molecule has 0 aliphatic carbocycles. The molecule has 2 aliphatic heterocycles. The predicted molar refractivity (Wildman–Crippen MR) is 97.4 cm³/mol. The van der Waals surface area contributed by atoms with Crippen LogP contribution in [0.15, 0.2) is 47.6 Å². The molecule has 2 aromatic rings. The zero-order valence-corrected chi connectivity index (χ0v) is 14.2. The summed E-state index contributed by atoms with van der Waals surface area (Å²) in [5.41, 5.74) is 1.47. The Labute approximate surface area is 143 Å². The summed E-state index contributed by atoms with van der Waals surface area (Å²) < 4.78 is 6.23. The van der Waals surface area contributed by atoms with Gasteiger partial charge in [0.2, 0.25) is 0 Å². The molecule has 0 saturated carbocycles. The fourth-order valence-corrected chi connectivity index (χ4v) is 4.54. The van der Waals surface area contributed by atoms with E-state index in [2.05, 4.69) is 47.6 Å². The maximum absolute atomic E-state index is 6.23. The largest absolute Gasteiger partial charge is 0.399 e. The summed E-state index contributed by atoms with van der Waals surface area (Å²) >= 11 is 0. The van der Waals surface area contributed by atoms with Crippen LogP contribution in [0.1, 0.15) is 43.6 Å². The third kappa shape index (κ3) is 3.05. The van der Waals surface area contributed by atoms with Gasteiger partial charge in [-0.25, -0.2) is 0 Å². The molecule has 2 fully saturated rings. The van der Waals surface area contributed by atoms with Crippen molar-refractivity contribution in [3.8, 4) is 0 Å². The number of oxime groups is 1. The molecule has 3 heteroatoms. The first-order chi connectivity index (χ1) is 11.8. The van der Waals surface area contributed by atoms with Crippen LogP contribution in [0.5, 0.6) is 0 Å². The summed E-state index contributed by atoms with van der Waals surface area (Å²) in [6.07, 6.45) is 8.40. The highest BCUT2D eigenvalue weighted by atomic mass is 16.6. The van der Waals surface area contributed by atoms with E-state index in [1.807, 2.05) is 6.21 Å². The van der Waals surface area contributed by atoms with Gasteiger partial charge in [-0.1, -0.05) is 47.6 Å². The van der Waals surface area contributed by atoms with Gasteiger partial charge in [0.1, 0.15) is 7.11 Å². The molecule has 1 unspecified atom stereocenters. The van der Waals surface area contributed by atoms with Crippen LogP contribution < -0.4 is 0 Å². The van der Waals surface area contributed by atoms with Gasteiger partial charge < -0.3 is 9.57 Å². The average molecular weight is 323 g/mol. The lowest BCUT2D eigenvalue weighted by molar-refractivity contribution is -0.0455. The van der Waals surface area contributed by atoms with Gasteiger partial charge in [-0.3, -0.25) is 0 Å². The van der Waals surface area contributed by atoms with Crippen molar-refractivity contribution in [1.82, 2.24) is 0 Å². The van der Waals surface area contributed by atoms with Gasteiger partial charge in [-0.15, -0.1) is 0 Å². The van der Waals surface area contributed by atoms with Gasteiger partial charge in [-0.2, -0.15) is 0 Å². The molecule has 2 bridgehead atoms. The maximum Gasteiger partial charge on any atom is 0.106 e. The van der Waals surface area contributed by atoms with Gasteiger partial charge in [0.15, 0.2) is 0 Å². The third-order valence-electron chi connectivity index (χ3n) is 5.66. The Morgan fingerprint density at radius 3 is 2.92 bits per heavy atom. The lowest BCUT2D eigenvalue weighted by Crippen LogP contribution is -2.34. The summed E-state index contributed by atoms with van der Waals surface area (Å²) in [5.74, 6) is 1.17. The van der Waals surface area contributed by atoms with Crippen LogP contribution in [0.3, 0.4) is 0 Å². The van der Waals surface area contributed by atoms with E-state index < -0.39 is 0 Å². The van der Waals surface area contributed by atoms with Crippen LogP contribution in [-0.4, -0.2) is 25.5 Å². The van der Waals surface area contributed by atoms with E-state index in [-0.39, 0.29) is 0 Å². The number of benzene rings is 2. The van der Waals surface area contributed by atoms with Gasteiger partial charge in [-0.05, 0) is 60.3 Å². The summed E-state index contributed by atoms with van der Waals surface area (Å²) in [6.45, 7) is 0. The molecule has 24 heavy (non-hydrogen) atoms. The van der Waals surface area contributed by atoms with Crippen molar-refractivity contribution in [2.75, 3.05) is 7.11 Å². The number of fused-ring (bicyclic) bond motifs is 3. The molecule has 0 spiro atoms. The second-order valence-corrected chi connectivity index (χ2v) is 7.03. The fraction of sp³-hybridized carbons (Fsp3) is 0.476. The minimum absolute atomic E-state index is 0.413. The summed E-state index contributed by atoms with van der Waals surface area (Å²) in [6, 6.07) is 15.6. The van der Waals surface area contributed by atoms with Crippen LogP contribution in [0.25, 0.3) is 10.8 Å². The van der Waals surface area contributed by atoms with E-state index in [4.69, 9.17) is 9.57 Å². The number of ether oxygens (including phenoxy) is 1. The van der Waals surface area contributed by atoms with Crippen molar-refractivity contribution in [2.24, 2.45) is 11.1 Å². The smallest absolute Gasteiger partial charge is 0.106 e. The zero-order valence-electron chi connectivity index (χ0n) is 14.2. The Bertz CT molecular complexity index is 727. The molecule has 0 radical (unpaired) electrons. The van der Waals surface area contributed by atoms with Crippen LogP contribution in [0.4, 0.5) is 0 Å². The maximum atomic E-state index is 6.23. The molecule has 2 heterocycles. The van der Waals surface area contributed by atoms with Crippen molar-refractivity contribution < 1.29 is 9.57 Å². The molecule has 3 nitrogen and oxygen atoms in total. The Morgan fingerprint density at radius 2 is 2.04 bits per heavy atom. The molecule has 0 amide bonds. The molecule has 4 rings (SSSR count). The van der Waals surface area contributed by atoms with Crippen LogP contribution >= 0.6 is 0 Å². The van der Waals surface area contributed by atoms with Crippen molar-refractivity contribution in [3.63, 3.8) is 0 Å². The summed E-state index contributed by atoms with van der Waals surface area (Å²) in [5, 5.41) is 6.55. The molecular formula is C21H25NO2. The second kappa shape index (κ2) is 6.94. The second-order valence-electron chi connectivity index (χ2n) is 7.03. The highest BCUT2D eigenvalue weighted by Crippen LogP contribution is 2.47. The molecule has 0 aromatic heterocycles. The molecule has 4 atom stereocenters. The van der Waals surface area contributed by atoms with E-state index in [0.29, 0.717) is 24.0 Å². The topological polar surface area (TPSA) is 30.8 Å². The first-order valence-electron chi connectivity index (χ1n) is 9.04.